The van der Waals surface area contributed by atoms with Gasteiger partial charge in [-0.3, -0.25) is 10.1 Å². The molecule has 0 aliphatic heterocycles. The standard InChI is InChI=1S/C18H23ClN3O4S.ClH/c1-3-22(4-2,27(25,26)16-8-6-5-7-9-16)13-12-20-15-10-11-17(19)18(14-15)21(23)24;/h5-11,14,20H,3-4,12-13H2,1-2H3;1H/q+1;. The average molecular weight is 449 g/mol. The van der Waals surface area contributed by atoms with Crippen LogP contribution >= 0.6 is 24.0 Å². The number of hydrogen-bond acceptors (Lipinski definition) is 5. The number of likely N-dealkylation sites (N-methyl/N-ethyl adjacent to an activating group) is 1. The summed E-state index contributed by atoms with van der Waals surface area (Å²) in [7, 11) is -3.58. The molecule has 154 valence electrons. The van der Waals surface area contributed by atoms with Crippen LogP contribution in [0.1, 0.15) is 13.8 Å². The minimum Gasteiger partial charge on any atom is -0.379 e. The van der Waals surface area contributed by atoms with Gasteiger partial charge in [0, 0.05) is 11.8 Å². The minimum atomic E-state index is -3.58. The fourth-order valence-corrected chi connectivity index (χ4v) is 5.13. The number of rotatable bonds is 9. The maximum absolute atomic E-state index is 13.2. The van der Waals surface area contributed by atoms with Gasteiger partial charge in [0.15, 0.2) is 0 Å². The smallest absolute Gasteiger partial charge is 0.327 e. The van der Waals surface area contributed by atoms with Crippen molar-refractivity contribution >= 4 is 45.4 Å². The van der Waals surface area contributed by atoms with Crippen molar-refractivity contribution in [1.82, 2.24) is 0 Å². The van der Waals surface area contributed by atoms with Gasteiger partial charge in [-0.15, -0.1) is 12.4 Å². The van der Waals surface area contributed by atoms with E-state index in [-0.39, 0.29) is 31.9 Å². The summed E-state index contributed by atoms with van der Waals surface area (Å²) >= 11 is 5.82. The number of nitro benzene ring substituents is 1. The van der Waals surface area contributed by atoms with Crippen molar-refractivity contribution < 1.29 is 17.2 Å². The predicted octanol–water partition coefficient (Wildman–Crippen LogP) is 4.33. The number of anilines is 1. The van der Waals surface area contributed by atoms with E-state index >= 15 is 0 Å². The molecule has 0 fully saturated rings. The molecular weight excluding hydrogens is 425 g/mol. The van der Waals surface area contributed by atoms with Crippen LogP contribution in [-0.4, -0.2) is 43.4 Å². The van der Waals surface area contributed by atoms with Gasteiger partial charge in [-0.25, -0.2) is 3.89 Å². The van der Waals surface area contributed by atoms with Crippen LogP contribution < -0.4 is 5.32 Å². The molecule has 2 aromatic rings. The Hall–Kier alpha value is -1.87. The largest absolute Gasteiger partial charge is 0.379 e. The number of quaternary nitrogens is 1. The summed E-state index contributed by atoms with van der Waals surface area (Å²) in [5.74, 6) is 0. The first-order valence-electron chi connectivity index (χ1n) is 8.61. The first kappa shape index (κ1) is 24.2. The molecule has 0 spiro atoms. The van der Waals surface area contributed by atoms with Crippen LogP contribution in [0, 0.1) is 10.1 Å². The lowest BCUT2D eigenvalue weighted by Crippen LogP contribution is -2.54. The van der Waals surface area contributed by atoms with Crippen LogP contribution in [0.3, 0.4) is 0 Å². The molecule has 10 heteroatoms. The highest BCUT2D eigenvalue weighted by Gasteiger charge is 2.39. The summed E-state index contributed by atoms with van der Waals surface area (Å²) in [5.41, 5.74) is 0.332. The second-order valence-electron chi connectivity index (χ2n) is 6.05. The van der Waals surface area contributed by atoms with Gasteiger partial charge in [-0.1, -0.05) is 29.8 Å². The van der Waals surface area contributed by atoms with Gasteiger partial charge >= 0.3 is 10.0 Å². The second kappa shape index (κ2) is 10.1. The quantitative estimate of drug-likeness (QED) is 0.350. The third-order valence-corrected chi connectivity index (χ3v) is 7.60. The normalized spacial score (nSPS) is 11.5. The van der Waals surface area contributed by atoms with Crippen molar-refractivity contribution in [3.8, 4) is 0 Å². The Kier molecular flexibility index (Phi) is 8.69. The molecule has 7 nitrogen and oxygen atoms in total. The molecule has 0 aliphatic rings. The Bertz CT molecular complexity index is 904. The molecule has 0 amide bonds. The van der Waals surface area contributed by atoms with Crippen molar-refractivity contribution in [2.24, 2.45) is 0 Å². The number of halogens is 2. The number of nitrogens with zero attached hydrogens (tertiary/aromatic N) is 2. The molecule has 0 atom stereocenters. The Morgan fingerprint density at radius 3 is 2.25 bits per heavy atom. The molecule has 2 rings (SSSR count). The Morgan fingerprint density at radius 2 is 1.71 bits per heavy atom. The molecule has 1 N–H and O–H groups in total. The maximum Gasteiger partial charge on any atom is 0.327 e. The maximum atomic E-state index is 13.2. The molecule has 2 aromatic carbocycles. The molecular formula is C18H24Cl2N3O4S+. The number of benzene rings is 2. The monoisotopic (exact) mass is 448 g/mol. The molecule has 0 radical (unpaired) electrons. The van der Waals surface area contributed by atoms with Crippen molar-refractivity contribution in [3.63, 3.8) is 0 Å². The topological polar surface area (TPSA) is 89.3 Å². The molecule has 0 saturated heterocycles. The second-order valence-corrected chi connectivity index (χ2v) is 8.66. The van der Waals surface area contributed by atoms with E-state index in [2.05, 4.69) is 5.32 Å². The minimum absolute atomic E-state index is 0. The summed E-state index contributed by atoms with van der Waals surface area (Å²) in [6.45, 7) is 5.17. The molecule has 0 aromatic heterocycles. The SMILES string of the molecule is CC[N+](CC)(CCNc1ccc(Cl)c([N+](=O)[O-])c1)S(=O)(=O)c1ccccc1.Cl. The van der Waals surface area contributed by atoms with E-state index < -0.39 is 14.9 Å². The summed E-state index contributed by atoms with van der Waals surface area (Å²) in [6.07, 6.45) is 0. The van der Waals surface area contributed by atoms with Gasteiger partial charge in [-0.2, -0.15) is 8.42 Å². The van der Waals surface area contributed by atoms with E-state index in [0.29, 0.717) is 31.9 Å². The van der Waals surface area contributed by atoms with Crippen LogP contribution in [0.15, 0.2) is 53.4 Å². The summed E-state index contributed by atoms with van der Waals surface area (Å²) in [5, 5.41) is 14.1. The molecule has 28 heavy (non-hydrogen) atoms. The highest BCUT2D eigenvalue weighted by atomic mass is 35.5. The summed E-state index contributed by atoms with van der Waals surface area (Å²) < 4.78 is 26.3. The van der Waals surface area contributed by atoms with Crippen LogP contribution in [-0.2, 0) is 10.0 Å². The third-order valence-electron chi connectivity index (χ3n) is 4.69. The van der Waals surface area contributed by atoms with Crippen LogP contribution in [0.4, 0.5) is 11.4 Å². The molecule has 0 aliphatic carbocycles. The zero-order chi connectivity index (χ0) is 20.1. The Balaban J connectivity index is 0.00000392. The van der Waals surface area contributed by atoms with Gasteiger partial charge in [0.1, 0.15) is 16.5 Å². The zero-order valence-corrected chi connectivity index (χ0v) is 18.1. The number of nitrogens with one attached hydrogen (secondary N) is 1. The van der Waals surface area contributed by atoms with E-state index in [9.17, 15) is 18.5 Å². The summed E-state index contributed by atoms with van der Waals surface area (Å²) in [6, 6.07) is 12.8. The molecule has 0 unspecified atom stereocenters. The average Bonchev–Trinajstić information content (AvgIpc) is 2.67. The van der Waals surface area contributed by atoms with E-state index in [4.69, 9.17) is 11.6 Å². The third kappa shape index (κ3) is 4.94. The summed E-state index contributed by atoms with van der Waals surface area (Å²) in [4.78, 5) is 10.7. The van der Waals surface area contributed by atoms with Gasteiger partial charge in [0.25, 0.3) is 5.69 Å². The van der Waals surface area contributed by atoms with Gasteiger partial charge in [-0.05, 0) is 38.1 Å². The van der Waals surface area contributed by atoms with Crippen molar-refractivity contribution in [1.29, 1.82) is 0 Å². The lowest BCUT2D eigenvalue weighted by atomic mass is 10.3. The van der Waals surface area contributed by atoms with E-state index in [0.717, 1.165) is 0 Å². The van der Waals surface area contributed by atoms with Crippen LogP contribution in [0.25, 0.3) is 0 Å². The van der Waals surface area contributed by atoms with Gasteiger partial charge in [0.2, 0.25) is 0 Å². The Morgan fingerprint density at radius 1 is 1.11 bits per heavy atom. The van der Waals surface area contributed by atoms with Crippen molar-refractivity contribution in [3.05, 3.63) is 63.7 Å². The predicted molar refractivity (Wildman–Crippen MR) is 114 cm³/mol. The highest BCUT2D eigenvalue weighted by Crippen LogP contribution is 2.28. The lowest BCUT2D eigenvalue weighted by molar-refractivity contribution is -0.800. The number of hydrogen-bond donors (Lipinski definition) is 1. The zero-order valence-electron chi connectivity index (χ0n) is 15.7. The van der Waals surface area contributed by atoms with Gasteiger partial charge in [0.05, 0.1) is 24.6 Å². The first-order valence-corrected chi connectivity index (χ1v) is 10.4. The van der Waals surface area contributed by atoms with E-state index in [1.54, 1.807) is 36.4 Å². The van der Waals surface area contributed by atoms with E-state index in [1.165, 1.54) is 12.1 Å². The van der Waals surface area contributed by atoms with Crippen LogP contribution in [0.5, 0.6) is 0 Å². The van der Waals surface area contributed by atoms with Crippen molar-refractivity contribution in [2.45, 2.75) is 18.7 Å². The van der Waals surface area contributed by atoms with Gasteiger partial charge < -0.3 is 5.32 Å². The Labute approximate surface area is 176 Å². The molecule has 0 saturated carbocycles. The molecule has 0 bridgehead atoms. The fourth-order valence-electron chi connectivity index (χ4n) is 2.98. The van der Waals surface area contributed by atoms with Crippen LogP contribution in [0.2, 0.25) is 5.02 Å². The highest BCUT2D eigenvalue weighted by molar-refractivity contribution is 7.86. The number of sulfonamides is 1. The lowest BCUT2D eigenvalue weighted by Gasteiger charge is -2.35. The van der Waals surface area contributed by atoms with E-state index in [1.807, 2.05) is 13.8 Å². The fraction of sp³-hybridized carbons (Fsp3) is 0.333. The first-order chi connectivity index (χ1) is 12.8. The van der Waals surface area contributed by atoms with Crippen molar-refractivity contribution in [2.75, 3.05) is 31.5 Å². The molecule has 0 heterocycles. The number of nitro groups is 1.